The molecule has 2 aromatic rings. The first kappa shape index (κ1) is 20.1. The fraction of sp³-hybridized carbons (Fsp3) is 0.500. The molecule has 0 bridgehead atoms. The number of esters is 1. The summed E-state index contributed by atoms with van der Waals surface area (Å²) in [5, 5.41) is 0. The topological polar surface area (TPSA) is 64.5 Å². The summed E-state index contributed by atoms with van der Waals surface area (Å²) in [7, 11) is 1.36. The summed E-state index contributed by atoms with van der Waals surface area (Å²) in [6.07, 6.45) is 1.00. The first-order chi connectivity index (χ1) is 13.3. The van der Waals surface area contributed by atoms with Gasteiger partial charge < -0.3 is 14.4 Å². The minimum atomic E-state index is -0.440. The van der Waals surface area contributed by atoms with Crippen LogP contribution in [0.4, 0.5) is 5.95 Å². The molecule has 1 aromatic carbocycles. The second-order valence-corrected chi connectivity index (χ2v) is 8.34. The molecule has 150 valence electrons. The van der Waals surface area contributed by atoms with Gasteiger partial charge in [-0.2, -0.15) is 0 Å². The number of rotatable bonds is 5. The Labute approximate surface area is 166 Å². The summed E-state index contributed by atoms with van der Waals surface area (Å²) < 4.78 is 11.0. The molecule has 1 aliphatic heterocycles. The minimum absolute atomic E-state index is 0.0397. The lowest BCUT2D eigenvalue weighted by atomic mass is 9.86. The van der Waals surface area contributed by atoms with Crippen LogP contribution in [0.25, 0.3) is 0 Å². The van der Waals surface area contributed by atoms with E-state index in [1.807, 2.05) is 19.1 Å². The average Bonchev–Trinajstić information content (AvgIpc) is 3.14. The van der Waals surface area contributed by atoms with E-state index in [1.165, 1.54) is 12.7 Å². The van der Waals surface area contributed by atoms with E-state index in [4.69, 9.17) is 9.47 Å². The van der Waals surface area contributed by atoms with Crippen LogP contribution >= 0.6 is 0 Å². The van der Waals surface area contributed by atoms with Gasteiger partial charge in [0.2, 0.25) is 5.95 Å². The highest BCUT2D eigenvalue weighted by atomic mass is 16.5. The quantitative estimate of drug-likeness (QED) is 0.732. The molecule has 0 saturated carbocycles. The fourth-order valence-electron chi connectivity index (χ4n) is 3.47. The van der Waals surface area contributed by atoms with Crippen LogP contribution < -0.4 is 9.64 Å². The monoisotopic (exact) mass is 383 g/mol. The maximum atomic E-state index is 11.8. The minimum Gasteiger partial charge on any atom is -0.493 e. The number of aromatic nitrogens is 2. The van der Waals surface area contributed by atoms with Crippen LogP contribution in [0.15, 0.2) is 30.3 Å². The molecule has 1 aliphatic rings. The Morgan fingerprint density at radius 3 is 2.71 bits per heavy atom. The number of aryl methyl sites for hydroxylation is 1. The number of hydrogen-bond donors (Lipinski definition) is 0. The Bertz CT molecular complexity index is 845. The molecule has 0 aliphatic carbocycles. The predicted molar refractivity (Wildman–Crippen MR) is 109 cm³/mol. The van der Waals surface area contributed by atoms with Crippen molar-refractivity contribution in [2.45, 2.75) is 39.5 Å². The van der Waals surface area contributed by atoms with Crippen molar-refractivity contribution in [3.8, 4) is 5.75 Å². The molecule has 1 saturated heterocycles. The van der Waals surface area contributed by atoms with Gasteiger partial charge in [-0.25, -0.2) is 14.8 Å². The highest BCUT2D eigenvalue weighted by Gasteiger charge is 2.27. The number of methoxy groups -OCH3 is 1. The van der Waals surface area contributed by atoms with Crippen LogP contribution in [-0.4, -0.2) is 42.7 Å². The molecule has 1 atom stereocenters. The van der Waals surface area contributed by atoms with Crippen molar-refractivity contribution in [1.82, 2.24) is 9.97 Å². The first-order valence-corrected chi connectivity index (χ1v) is 9.69. The van der Waals surface area contributed by atoms with E-state index in [-0.39, 0.29) is 5.41 Å². The van der Waals surface area contributed by atoms with Crippen LogP contribution in [0.5, 0.6) is 5.75 Å². The molecular weight excluding hydrogens is 354 g/mol. The molecule has 0 spiro atoms. The molecule has 0 radical (unpaired) electrons. The van der Waals surface area contributed by atoms with Gasteiger partial charge in [-0.1, -0.05) is 39.0 Å². The van der Waals surface area contributed by atoms with Crippen molar-refractivity contribution in [3.63, 3.8) is 0 Å². The summed E-state index contributed by atoms with van der Waals surface area (Å²) in [4.78, 5) is 22.8. The highest BCUT2D eigenvalue weighted by Crippen LogP contribution is 2.32. The summed E-state index contributed by atoms with van der Waals surface area (Å²) in [6.45, 7) is 10.7. The molecule has 1 aromatic heterocycles. The average molecular weight is 383 g/mol. The van der Waals surface area contributed by atoms with Crippen molar-refractivity contribution in [2.75, 3.05) is 31.7 Å². The van der Waals surface area contributed by atoms with Crippen molar-refractivity contribution in [3.05, 3.63) is 47.3 Å². The highest BCUT2D eigenvalue weighted by molar-refractivity contribution is 5.87. The van der Waals surface area contributed by atoms with E-state index in [1.54, 1.807) is 6.07 Å². The van der Waals surface area contributed by atoms with Gasteiger partial charge in [0.05, 0.1) is 13.7 Å². The van der Waals surface area contributed by atoms with E-state index < -0.39 is 5.97 Å². The maximum absolute atomic E-state index is 11.8. The van der Waals surface area contributed by atoms with Crippen LogP contribution in [0.3, 0.4) is 0 Å². The van der Waals surface area contributed by atoms with E-state index in [9.17, 15) is 4.79 Å². The molecule has 28 heavy (non-hydrogen) atoms. The van der Waals surface area contributed by atoms with Crippen LogP contribution in [0, 0.1) is 12.8 Å². The maximum Gasteiger partial charge on any atom is 0.356 e. The lowest BCUT2D eigenvalue weighted by molar-refractivity contribution is 0.0593. The second kappa shape index (κ2) is 8.17. The van der Waals surface area contributed by atoms with E-state index in [2.05, 4.69) is 47.8 Å². The van der Waals surface area contributed by atoms with Crippen molar-refractivity contribution >= 4 is 11.9 Å². The van der Waals surface area contributed by atoms with Gasteiger partial charge in [-0.05, 0) is 36.5 Å². The zero-order valence-electron chi connectivity index (χ0n) is 17.4. The van der Waals surface area contributed by atoms with Crippen molar-refractivity contribution in [2.24, 2.45) is 5.92 Å². The van der Waals surface area contributed by atoms with Gasteiger partial charge in [-0.15, -0.1) is 0 Å². The lowest BCUT2D eigenvalue weighted by Gasteiger charge is -2.23. The molecule has 2 heterocycles. The number of benzene rings is 1. The standard InChI is InChI=1S/C22H29N3O3/c1-15-12-18(20(26)27-5)24-21(23-15)25-11-10-16(13-25)14-28-19-9-7-6-8-17(19)22(2,3)4/h6-9,12,16H,10-11,13-14H2,1-5H3. The zero-order chi connectivity index (χ0) is 20.3. The molecule has 1 fully saturated rings. The normalized spacial score (nSPS) is 16.9. The SMILES string of the molecule is COC(=O)c1cc(C)nc(N2CCC(COc3ccccc3C(C)(C)C)C2)n1. The van der Waals surface area contributed by atoms with Crippen LogP contribution in [0.1, 0.15) is 48.9 Å². The van der Waals surface area contributed by atoms with E-state index >= 15 is 0 Å². The van der Waals surface area contributed by atoms with E-state index in [0.717, 1.165) is 31.0 Å². The molecule has 3 rings (SSSR count). The largest absolute Gasteiger partial charge is 0.493 e. The van der Waals surface area contributed by atoms with Gasteiger partial charge >= 0.3 is 5.97 Å². The van der Waals surface area contributed by atoms with Crippen molar-refractivity contribution in [1.29, 1.82) is 0 Å². The van der Waals surface area contributed by atoms with E-state index in [0.29, 0.717) is 24.2 Å². The van der Waals surface area contributed by atoms with Gasteiger partial charge in [0.15, 0.2) is 5.69 Å². The summed E-state index contributed by atoms with van der Waals surface area (Å²) >= 11 is 0. The lowest BCUT2D eigenvalue weighted by Crippen LogP contribution is -2.25. The number of carbonyl (C=O) groups is 1. The second-order valence-electron chi connectivity index (χ2n) is 8.34. The third-order valence-electron chi connectivity index (χ3n) is 4.98. The molecule has 0 amide bonds. The summed E-state index contributed by atoms with van der Waals surface area (Å²) in [5.74, 6) is 1.48. The summed E-state index contributed by atoms with van der Waals surface area (Å²) in [6, 6.07) is 9.89. The Hall–Kier alpha value is -2.63. The summed E-state index contributed by atoms with van der Waals surface area (Å²) in [5.41, 5.74) is 2.31. The number of carbonyl (C=O) groups excluding carboxylic acids is 1. The molecule has 0 N–H and O–H groups in total. The Balaban J connectivity index is 1.66. The molecule has 6 heteroatoms. The smallest absolute Gasteiger partial charge is 0.356 e. The Morgan fingerprint density at radius 2 is 2.00 bits per heavy atom. The van der Waals surface area contributed by atoms with Gasteiger partial charge in [0, 0.05) is 24.7 Å². The third kappa shape index (κ3) is 4.61. The molecule has 1 unspecified atom stereocenters. The van der Waals surface area contributed by atoms with Gasteiger partial charge in [0.1, 0.15) is 5.75 Å². The van der Waals surface area contributed by atoms with Gasteiger partial charge in [-0.3, -0.25) is 0 Å². The number of ether oxygens (including phenoxy) is 2. The number of hydrogen-bond acceptors (Lipinski definition) is 6. The van der Waals surface area contributed by atoms with Crippen LogP contribution in [-0.2, 0) is 10.2 Å². The predicted octanol–water partition coefficient (Wildman–Crippen LogP) is 3.77. The number of anilines is 1. The zero-order valence-corrected chi connectivity index (χ0v) is 17.4. The number of para-hydroxylation sites is 1. The van der Waals surface area contributed by atoms with Crippen molar-refractivity contribution < 1.29 is 14.3 Å². The molecular formula is C22H29N3O3. The third-order valence-corrected chi connectivity index (χ3v) is 4.98. The van der Waals surface area contributed by atoms with Gasteiger partial charge in [0.25, 0.3) is 0 Å². The fourth-order valence-corrected chi connectivity index (χ4v) is 3.47. The number of nitrogens with zero attached hydrogens (tertiary/aromatic N) is 3. The van der Waals surface area contributed by atoms with Crippen LogP contribution in [0.2, 0.25) is 0 Å². The molecule has 6 nitrogen and oxygen atoms in total. The Morgan fingerprint density at radius 1 is 1.25 bits per heavy atom. The first-order valence-electron chi connectivity index (χ1n) is 9.69. The Kier molecular flexibility index (Phi) is 5.87.